The number of benzene rings is 1. The first-order valence-corrected chi connectivity index (χ1v) is 5.38. The molecule has 16 heavy (non-hydrogen) atoms. The standard InChI is InChI=1S/C11H12ClN3O/c1-7(6-13)11-14-10(15-16-11)8-2-4-9(12)5-3-8/h2-5,7H,6,13H2,1H3. The summed E-state index contributed by atoms with van der Waals surface area (Å²) in [4.78, 5) is 4.28. The van der Waals surface area contributed by atoms with E-state index in [1.807, 2.05) is 19.1 Å². The van der Waals surface area contributed by atoms with Gasteiger partial charge in [0.1, 0.15) is 0 Å². The van der Waals surface area contributed by atoms with Crippen molar-refractivity contribution in [2.75, 3.05) is 6.54 Å². The van der Waals surface area contributed by atoms with Crippen LogP contribution in [-0.4, -0.2) is 16.7 Å². The number of nitrogens with two attached hydrogens (primary N) is 1. The SMILES string of the molecule is CC(CN)c1nc(-c2ccc(Cl)cc2)no1. The van der Waals surface area contributed by atoms with Crippen molar-refractivity contribution in [3.8, 4) is 11.4 Å². The second kappa shape index (κ2) is 4.63. The first-order valence-electron chi connectivity index (χ1n) is 5.00. The van der Waals surface area contributed by atoms with Crippen molar-refractivity contribution in [3.63, 3.8) is 0 Å². The van der Waals surface area contributed by atoms with Crippen LogP contribution in [0.25, 0.3) is 11.4 Å². The van der Waals surface area contributed by atoms with Gasteiger partial charge in [-0.1, -0.05) is 23.7 Å². The summed E-state index contributed by atoms with van der Waals surface area (Å²) in [6.45, 7) is 2.43. The average Bonchev–Trinajstić information content (AvgIpc) is 2.78. The summed E-state index contributed by atoms with van der Waals surface area (Å²) in [7, 11) is 0. The van der Waals surface area contributed by atoms with Gasteiger partial charge in [0, 0.05) is 23.0 Å². The molecule has 1 heterocycles. The fourth-order valence-corrected chi connectivity index (χ4v) is 1.38. The maximum absolute atomic E-state index is 5.80. The Bertz CT molecular complexity index is 466. The van der Waals surface area contributed by atoms with Crippen LogP contribution in [0.15, 0.2) is 28.8 Å². The molecule has 0 aliphatic heterocycles. The van der Waals surface area contributed by atoms with Gasteiger partial charge in [-0.2, -0.15) is 4.98 Å². The molecule has 2 rings (SSSR count). The van der Waals surface area contributed by atoms with E-state index in [2.05, 4.69) is 10.1 Å². The maximum atomic E-state index is 5.80. The van der Waals surface area contributed by atoms with Crippen LogP contribution in [-0.2, 0) is 0 Å². The summed E-state index contributed by atoms with van der Waals surface area (Å²) in [6.07, 6.45) is 0. The first-order chi connectivity index (χ1) is 7.70. The molecule has 1 aromatic carbocycles. The van der Waals surface area contributed by atoms with E-state index in [1.54, 1.807) is 12.1 Å². The maximum Gasteiger partial charge on any atom is 0.231 e. The molecule has 2 N–H and O–H groups in total. The molecular weight excluding hydrogens is 226 g/mol. The van der Waals surface area contributed by atoms with E-state index >= 15 is 0 Å². The molecule has 1 aromatic heterocycles. The van der Waals surface area contributed by atoms with Gasteiger partial charge in [0.25, 0.3) is 0 Å². The number of aromatic nitrogens is 2. The molecule has 0 saturated heterocycles. The molecule has 0 aliphatic rings. The summed E-state index contributed by atoms with van der Waals surface area (Å²) in [5.41, 5.74) is 6.40. The van der Waals surface area contributed by atoms with Crippen molar-refractivity contribution in [1.29, 1.82) is 0 Å². The van der Waals surface area contributed by atoms with E-state index in [-0.39, 0.29) is 5.92 Å². The van der Waals surface area contributed by atoms with E-state index < -0.39 is 0 Å². The second-order valence-corrected chi connectivity index (χ2v) is 4.04. The molecule has 0 fully saturated rings. The summed E-state index contributed by atoms with van der Waals surface area (Å²) < 4.78 is 5.13. The number of hydrogen-bond donors (Lipinski definition) is 1. The lowest BCUT2D eigenvalue weighted by Crippen LogP contribution is -2.08. The number of halogens is 1. The molecule has 1 atom stereocenters. The molecule has 0 spiro atoms. The van der Waals surface area contributed by atoms with Crippen molar-refractivity contribution >= 4 is 11.6 Å². The molecule has 0 bridgehead atoms. The summed E-state index contributed by atoms with van der Waals surface area (Å²) >= 11 is 5.80. The van der Waals surface area contributed by atoms with Crippen LogP contribution >= 0.6 is 11.6 Å². The van der Waals surface area contributed by atoms with E-state index in [1.165, 1.54) is 0 Å². The molecule has 1 unspecified atom stereocenters. The van der Waals surface area contributed by atoms with Gasteiger partial charge in [0.15, 0.2) is 0 Å². The predicted molar refractivity (Wildman–Crippen MR) is 62.2 cm³/mol. The van der Waals surface area contributed by atoms with Gasteiger partial charge in [-0.15, -0.1) is 0 Å². The Morgan fingerprint density at radius 1 is 1.38 bits per heavy atom. The van der Waals surface area contributed by atoms with Crippen molar-refractivity contribution in [2.24, 2.45) is 5.73 Å². The van der Waals surface area contributed by atoms with Gasteiger partial charge in [-0.3, -0.25) is 0 Å². The number of nitrogens with zero attached hydrogens (tertiary/aromatic N) is 2. The fourth-order valence-electron chi connectivity index (χ4n) is 1.25. The van der Waals surface area contributed by atoms with Crippen molar-refractivity contribution in [1.82, 2.24) is 10.1 Å². The fraction of sp³-hybridized carbons (Fsp3) is 0.273. The van der Waals surface area contributed by atoms with E-state index in [9.17, 15) is 0 Å². The Kier molecular flexibility index (Phi) is 3.22. The van der Waals surface area contributed by atoms with Crippen molar-refractivity contribution in [2.45, 2.75) is 12.8 Å². The zero-order chi connectivity index (χ0) is 11.5. The lowest BCUT2D eigenvalue weighted by atomic mass is 10.2. The van der Waals surface area contributed by atoms with Crippen LogP contribution < -0.4 is 5.73 Å². The monoisotopic (exact) mass is 237 g/mol. The zero-order valence-electron chi connectivity index (χ0n) is 8.85. The molecule has 0 radical (unpaired) electrons. The second-order valence-electron chi connectivity index (χ2n) is 3.60. The molecule has 84 valence electrons. The van der Waals surface area contributed by atoms with E-state index in [0.29, 0.717) is 23.3 Å². The van der Waals surface area contributed by atoms with Crippen molar-refractivity contribution < 1.29 is 4.52 Å². The molecular formula is C11H12ClN3O. The summed E-state index contributed by atoms with van der Waals surface area (Å²) in [5, 5.41) is 4.58. The van der Waals surface area contributed by atoms with Gasteiger partial charge in [0.05, 0.1) is 0 Å². The van der Waals surface area contributed by atoms with Gasteiger partial charge in [-0.25, -0.2) is 0 Å². The predicted octanol–water partition coefficient (Wildman–Crippen LogP) is 2.45. The topological polar surface area (TPSA) is 64.9 Å². The lowest BCUT2D eigenvalue weighted by Gasteiger charge is -1.98. The summed E-state index contributed by atoms with van der Waals surface area (Å²) in [5.74, 6) is 1.20. The minimum Gasteiger partial charge on any atom is -0.339 e. The molecule has 0 saturated carbocycles. The van der Waals surface area contributed by atoms with Crippen LogP contribution in [0.3, 0.4) is 0 Å². The highest BCUT2D eigenvalue weighted by Gasteiger charge is 2.13. The van der Waals surface area contributed by atoms with Gasteiger partial charge in [-0.05, 0) is 24.3 Å². The van der Waals surface area contributed by atoms with Crippen LogP contribution in [0, 0.1) is 0 Å². The normalized spacial score (nSPS) is 12.7. The van der Waals surface area contributed by atoms with Gasteiger partial charge < -0.3 is 10.3 Å². The highest BCUT2D eigenvalue weighted by atomic mass is 35.5. The largest absolute Gasteiger partial charge is 0.339 e. The Labute approximate surface area is 98.4 Å². The Morgan fingerprint density at radius 3 is 2.69 bits per heavy atom. The Hall–Kier alpha value is -1.39. The Morgan fingerprint density at radius 2 is 2.06 bits per heavy atom. The van der Waals surface area contributed by atoms with E-state index in [0.717, 1.165) is 5.56 Å². The van der Waals surface area contributed by atoms with Gasteiger partial charge >= 0.3 is 0 Å². The molecule has 5 heteroatoms. The highest BCUT2D eigenvalue weighted by molar-refractivity contribution is 6.30. The smallest absolute Gasteiger partial charge is 0.231 e. The third kappa shape index (κ3) is 2.23. The first kappa shape index (κ1) is 11.1. The Balaban J connectivity index is 2.28. The minimum absolute atomic E-state index is 0.0774. The third-order valence-electron chi connectivity index (χ3n) is 2.32. The van der Waals surface area contributed by atoms with Gasteiger partial charge in [0.2, 0.25) is 11.7 Å². The van der Waals surface area contributed by atoms with Crippen LogP contribution in [0.5, 0.6) is 0 Å². The highest BCUT2D eigenvalue weighted by Crippen LogP contribution is 2.20. The number of rotatable bonds is 3. The van der Waals surface area contributed by atoms with E-state index in [4.69, 9.17) is 21.9 Å². The molecule has 0 aliphatic carbocycles. The van der Waals surface area contributed by atoms with Crippen LogP contribution in [0.4, 0.5) is 0 Å². The average molecular weight is 238 g/mol. The molecule has 2 aromatic rings. The van der Waals surface area contributed by atoms with Crippen molar-refractivity contribution in [3.05, 3.63) is 35.2 Å². The minimum atomic E-state index is 0.0774. The lowest BCUT2D eigenvalue weighted by molar-refractivity contribution is 0.361. The summed E-state index contributed by atoms with van der Waals surface area (Å²) in [6, 6.07) is 7.28. The number of hydrogen-bond acceptors (Lipinski definition) is 4. The van der Waals surface area contributed by atoms with Crippen LogP contribution in [0.2, 0.25) is 5.02 Å². The quantitative estimate of drug-likeness (QED) is 0.891. The molecule has 0 amide bonds. The zero-order valence-corrected chi connectivity index (χ0v) is 9.61. The third-order valence-corrected chi connectivity index (χ3v) is 2.57. The molecule has 4 nitrogen and oxygen atoms in total. The van der Waals surface area contributed by atoms with Crippen LogP contribution in [0.1, 0.15) is 18.7 Å².